The molecule has 0 aromatic rings. The number of carboxylic acids is 1. The molecular weight excluding hydrogens is 983 g/mol. The van der Waals surface area contributed by atoms with Gasteiger partial charge in [-0.05, 0) is 79.2 Å². The Labute approximate surface area is 456 Å². The van der Waals surface area contributed by atoms with Crippen molar-refractivity contribution in [3.63, 3.8) is 0 Å². The van der Waals surface area contributed by atoms with Gasteiger partial charge in [-0.15, -0.1) is 0 Å². The third-order valence-corrected chi connectivity index (χ3v) is 12.2. The summed E-state index contributed by atoms with van der Waals surface area (Å²) in [5.74, 6) is -1.44. The summed E-state index contributed by atoms with van der Waals surface area (Å²) in [5.41, 5.74) is 0. The zero-order valence-electron chi connectivity index (χ0n) is 47.5. The fourth-order valence-electron chi connectivity index (χ4n) is 7.71. The summed E-state index contributed by atoms with van der Waals surface area (Å²) in [6.45, 7) is 13.6. The monoisotopic (exact) mass is 1090 g/mol. The van der Waals surface area contributed by atoms with Gasteiger partial charge in [0.15, 0.2) is 0 Å². The van der Waals surface area contributed by atoms with Crippen LogP contribution in [-0.2, 0) is 62.0 Å². The van der Waals surface area contributed by atoms with Crippen molar-refractivity contribution in [3.05, 3.63) is 0 Å². The zero-order chi connectivity index (χ0) is 56.0. The molecule has 0 unspecified atom stereocenters. The van der Waals surface area contributed by atoms with E-state index in [9.17, 15) is 33.6 Å². The Morgan fingerprint density at radius 1 is 0.342 bits per heavy atom. The van der Waals surface area contributed by atoms with E-state index in [1.165, 1.54) is 57.8 Å². The molecule has 0 heterocycles. The van der Waals surface area contributed by atoms with E-state index >= 15 is 0 Å². The van der Waals surface area contributed by atoms with Gasteiger partial charge in [0.1, 0.15) is 13.2 Å². The van der Waals surface area contributed by atoms with Gasteiger partial charge in [0.2, 0.25) is 35.4 Å². The van der Waals surface area contributed by atoms with Crippen LogP contribution in [0.25, 0.3) is 0 Å². The predicted molar refractivity (Wildman–Crippen MR) is 294 cm³/mol. The van der Waals surface area contributed by atoms with Crippen molar-refractivity contribution < 1.29 is 67.1 Å². The molecule has 0 radical (unpaired) electrons. The maximum atomic E-state index is 12.3. The molecule has 21 nitrogen and oxygen atoms in total. The van der Waals surface area contributed by atoms with E-state index in [1.54, 1.807) is 0 Å². The summed E-state index contributed by atoms with van der Waals surface area (Å²) < 4.78 is 32.3. The fourth-order valence-corrected chi connectivity index (χ4v) is 7.71. The van der Waals surface area contributed by atoms with Crippen molar-refractivity contribution in [2.75, 3.05) is 112 Å². The van der Waals surface area contributed by atoms with Gasteiger partial charge in [-0.25, -0.2) is 0 Å². The van der Waals surface area contributed by atoms with Crippen LogP contribution in [0.5, 0.6) is 0 Å². The van der Waals surface area contributed by atoms with Crippen LogP contribution >= 0.6 is 0 Å². The van der Waals surface area contributed by atoms with E-state index in [-0.39, 0.29) is 113 Å². The van der Waals surface area contributed by atoms with Crippen LogP contribution in [0, 0.1) is 0 Å². The van der Waals surface area contributed by atoms with Gasteiger partial charge >= 0.3 is 5.97 Å². The molecule has 0 spiro atoms. The molecule has 0 saturated heterocycles. The highest BCUT2D eigenvalue weighted by molar-refractivity contribution is 5.79. The summed E-state index contributed by atoms with van der Waals surface area (Å²) >= 11 is 0. The molecule has 76 heavy (non-hydrogen) atoms. The van der Waals surface area contributed by atoms with Crippen molar-refractivity contribution in [2.24, 2.45) is 0 Å². The van der Waals surface area contributed by atoms with Crippen molar-refractivity contribution in [1.29, 1.82) is 0 Å². The maximum absolute atomic E-state index is 12.3. The summed E-state index contributed by atoms with van der Waals surface area (Å²) in [7, 11) is 0. The molecule has 8 N–H and O–H groups in total. The first kappa shape index (κ1) is 72.0. The minimum atomic E-state index is -0.692. The highest BCUT2D eigenvalue weighted by Crippen LogP contribution is 2.14. The van der Waals surface area contributed by atoms with E-state index in [1.807, 2.05) is 20.8 Å². The Kier molecular flexibility index (Phi) is 51.5. The number of unbranched alkanes of at least 4 members (excludes halogenated alkanes) is 14. The molecule has 444 valence electrons. The molecule has 0 aromatic heterocycles. The molecule has 0 saturated carbocycles. The minimum absolute atomic E-state index is 0.0377. The Morgan fingerprint density at radius 3 is 1.08 bits per heavy atom. The lowest BCUT2D eigenvalue weighted by molar-refractivity contribution is -0.137. The van der Waals surface area contributed by atoms with E-state index in [2.05, 4.69) is 44.1 Å². The molecule has 3 atom stereocenters. The first-order valence-corrected chi connectivity index (χ1v) is 28.9. The van der Waals surface area contributed by atoms with Gasteiger partial charge in [-0.1, -0.05) is 77.0 Å². The maximum Gasteiger partial charge on any atom is 0.303 e. The van der Waals surface area contributed by atoms with Crippen molar-refractivity contribution >= 4 is 41.4 Å². The highest BCUT2D eigenvalue weighted by Gasteiger charge is 2.13. The topological polar surface area (TPSA) is 279 Å². The van der Waals surface area contributed by atoms with Crippen molar-refractivity contribution in [2.45, 2.75) is 200 Å². The Morgan fingerprint density at radius 2 is 0.671 bits per heavy atom. The Balaban J connectivity index is 3.59. The lowest BCUT2D eigenvalue weighted by Crippen LogP contribution is -2.37. The third-order valence-electron chi connectivity index (χ3n) is 12.2. The smallest absolute Gasteiger partial charge is 0.303 e. The van der Waals surface area contributed by atoms with Crippen LogP contribution < -0.4 is 37.2 Å². The Bertz CT molecular complexity index is 1470. The fraction of sp³-hybridized carbons (Fsp3) is 0.873. The number of hydrogen-bond donors (Lipinski definition) is 8. The second-order valence-corrected chi connectivity index (χ2v) is 19.5. The van der Waals surface area contributed by atoms with Gasteiger partial charge in [-0.2, -0.15) is 0 Å². The molecule has 0 aliphatic carbocycles. The molecule has 0 rings (SSSR count). The minimum Gasteiger partial charge on any atom is -0.481 e. The van der Waals surface area contributed by atoms with Gasteiger partial charge < -0.3 is 70.7 Å². The van der Waals surface area contributed by atoms with Gasteiger partial charge in [0.25, 0.3) is 0 Å². The molecule has 0 bridgehead atoms. The normalized spacial score (nSPS) is 12.4. The molecule has 21 heteroatoms. The number of amides is 6. The molecule has 0 fully saturated rings. The van der Waals surface area contributed by atoms with Crippen LogP contribution in [0.1, 0.15) is 182 Å². The van der Waals surface area contributed by atoms with E-state index < -0.39 is 5.97 Å². The highest BCUT2D eigenvalue weighted by atomic mass is 16.5. The van der Waals surface area contributed by atoms with Gasteiger partial charge in [-0.3, -0.25) is 33.6 Å². The average molecular weight is 1090 g/mol. The average Bonchev–Trinajstić information content (AvgIpc) is 3.38. The summed E-state index contributed by atoms with van der Waals surface area (Å²) in [5, 5.41) is 29.2. The first-order chi connectivity index (χ1) is 36.8. The summed E-state index contributed by atoms with van der Waals surface area (Å²) in [4.78, 5) is 83.6. The SMILES string of the molecule is CCOCCOCCNC(=O)CC[C@@H](C)NC(=O)COCCOCCNC(=O)CC[C@@H](C)NC(=O)COCCOCCNC(=O)CC[C@@H](C)NCCCCNC(=O)CCCCCCCCCCCCCCCCC(=O)O. The second-order valence-electron chi connectivity index (χ2n) is 19.5. The summed E-state index contributed by atoms with van der Waals surface area (Å²) in [6.07, 6.45) is 21.7. The molecule has 0 aliphatic rings. The second kappa shape index (κ2) is 54.4. The number of hydrogen-bond acceptors (Lipinski definition) is 14. The quantitative estimate of drug-likeness (QED) is 0.0372. The molecule has 0 aliphatic heterocycles. The number of carbonyl (C=O) groups excluding carboxylic acids is 6. The zero-order valence-corrected chi connectivity index (χ0v) is 47.5. The number of nitrogens with one attached hydrogen (secondary N) is 7. The van der Waals surface area contributed by atoms with Gasteiger partial charge in [0.05, 0.1) is 59.5 Å². The lowest BCUT2D eigenvalue weighted by Gasteiger charge is -2.14. The standard InChI is InChI=1S/C55H105N7O14/c1-5-71-38-39-72-35-32-59-51(65)28-25-47(3)61-54(68)45-76-43-41-74-37-34-60-52(66)29-26-48(4)62-53(67)44-75-42-40-73-36-33-58-50(64)27-24-46(2)56-30-20-21-31-57-49(63)22-18-16-14-12-10-8-6-7-9-11-13-15-17-19-23-55(69)70/h46-48,56H,5-45H2,1-4H3,(H,57,63)(H,58,64)(H,59,65)(H,60,66)(H,61,68)(H,62,67)(H,69,70)/t46-,47-,48-/m1/s1. The number of carbonyl (C=O) groups is 7. The van der Waals surface area contributed by atoms with E-state index in [0.717, 1.165) is 51.5 Å². The molecule has 6 amide bonds. The van der Waals surface area contributed by atoms with E-state index in [4.69, 9.17) is 33.5 Å². The van der Waals surface area contributed by atoms with Crippen molar-refractivity contribution in [1.82, 2.24) is 37.2 Å². The van der Waals surface area contributed by atoms with Crippen LogP contribution in [0.3, 0.4) is 0 Å². The molecule has 0 aromatic carbocycles. The largest absolute Gasteiger partial charge is 0.481 e. The first-order valence-electron chi connectivity index (χ1n) is 28.9. The van der Waals surface area contributed by atoms with Crippen LogP contribution in [0.4, 0.5) is 0 Å². The van der Waals surface area contributed by atoms with Crippen LogP contribution in [0.2, 0.25) is 0 Å². The Hall–Kier alpha value is -3.99. The lowest BCUT2D eigenvalue weighted by atomic mass is 10.0. The number of carboxylic acid groups (broad SMARTS) is 1. The van der Waals surface area contributed by atoms with E-state index in [0.29, 0.717) is 97.7 Å². The van der Waals surface area contributed by atoms with Crippen molar-refractivity contribution in [3.8, 4) is 0 Å². The number of ether oxygens (including phenoxy) is 6. The third kappa shape index (κ3) is 54.8. The predicted octanol–water partition coefficient (Wildman–Crippen LogP) is 5.01. The summed E-state index contributed by atoms with van der Waals surface area (Å²) in [6, 6.07) is -0.223. The van der Waals surface area contributed by atoms with Crippen LogP contribution in [-0.4, -0.2) is 177 Å². The number of rotatable bonds is 57. The number of aliphatic carboxylic acids is 1. The van der Waals surface area contributed by atoms with Gasteiger partial charge in [0, 0.05) is 83.0 Å². The molecular formula is C55H105N7O14. The van der Waals surface area contributed by atoms with Crippen LogP contribution in [0.15, 0.2) is 0 Å².